The minimum absolute atomic E-state index is 0.0602. The molecule has 0 spiro atoms. The van der Waals surface area contributed by atoms with Crippen LogP contribution in [0.4, 0.5) is 0 Å². The summed E-state index contributed by atoms with van der Waals surface area (Å²) in [5.41, 5.74) is 0.992. The minimum Gasteiger partial charge on any atom is -0.355 e. The Labute approximate surface area is 171 Å². The van der Waals surface area contributed by atoms with Crippen molar-refractivity contribution in [2.45, 2.75) is 32.1 Å². The average molecular weight is 396 g/mol. The van der Waals surface area contributed by atoms with Crippen molar-refractivity contribution < 1.29 is 9.59 Å². The van der Waals surface area contributed by atoms with Gasteiger partial charge in [0.2, 0.25) is 5.91 Å². The molecule has 154 valence electrons. The lowest BCUT2D eigenvalue weighted by Gasteiger charge is -2.32. The Morgan fingerprint density at radius 1 is 1.10 bits per heavy atom. The smallest absolute Gasteiger partial charge is 0.263 e. The Morgan fingerprint density at radius 2 is 1.79 bits per heavy atom. The number of carbonyl (C=O) groups is 2. The summed E-state index contributed by atoms with van der Waals surface area (Å²) in [5.74, 6) is 0.0656. The average Bonchev–Trinajstić information content (AvgIpc) is 2.75. The van der Waals surface area contributed by atoms with Crippen molar-refractivity contribution in [3.05, 3.63) is 70.1 Å². The molecule has 0 saturated carbocycles. The van der Waals surface area contributed by atoms with Crippen molar-refractivity contribution in [1.82, 2.24) is 14.8 Å². The maximum atomic E-state index is 12.7. The summed E-state index contributed by atoms with van der Waals surface area (Å²) in [7, 11) is 1.65. The molecular formula is C23H29N3O3. The van der Waals surface area contributed by atoms with Gasteiger partial charge in [-0.3, -0.25) is 14.4 Å². The number of carbonyl (C=O) groups excluding carboxylic acids is 2. The fourth-order valence-electron chi connectivity index (χ4n) is 3.90. The Balaban J connectivity index is 1.51. The monoisotopic (exact) mass is 395 g/mol. The van der Waals surface area contributed by atoms with Crippen LogP contribution in [0.3, 0.4) is 0 Å². The van der Waals surface area contributed by atoms with Crippen molar-refractivity contribution >= 4 is 11.8 Å². The minimum atomic E-state index is -0.265. The molecule has 0 radical (unpaired) electrons. The SMILES string of the molecule is CCC(C(=O)NCC1CCN(C(=O)c2cccn(C)c2=O)CC1)c1ccccc1. The molecule has 1 aromatic heterocycles. The molecule has 29 heavy (non-hydrogen) atoms. The molecule has 1 aliphatic rings. The molecule has 2 aromatic rings. The van der Waals surface area contributed by atoms with Gasteiger partial charge in [0.25, 0.3) is 11.5 Å². The van der Waals surface area contributed by atoms with Crippen molar-refractivity contribution in [2.75, 3.05) is 19.6 Å². The Bertz CT molecular complexity index is 899. The lowest BCUT2D eigenvalue weighted by Crippen LogP contribution is -2.43. The van der Waals surface area contributed by atoms with Gasteiger partial charge < -0.3 is 14.8 Å². The highest BCUT2D eigenvalue weighted by Crippen LogP contribution is 2.21. The van der Waals surface area contributed by atoms with Gasteiger partial charge in [0, 0.05) is 32.9 Å². The fourth-order valence-corrected chi connectivity index (χ4v) is 3.90. The van der Waals surface area contributed by atoms with Gasteiger partial charge >= 0.3 is 0 Å². The van der Waals surface area contributed by atoms with Crippen molar-refractivity contribution in [2.24, 2.45) is 13.0 Å². The van der Waals surface area contributed by atoms with Crippen LogP contribution in [0.25, 0.3) is 0 Å². The fraction of sp³-hybridized carbons (Fsp3) is 0.435. The zero-order valence-electron chi connectivity index (χ0n) is 17.1. The first kappa shape index (κ1) is 20.8. The molecule has 3 rings (SSSR count). The van der Waals surface area contributed by atoms with Gasteiger partial charge in [-0.1, -0.05) is 37.3 Å². The Morgan fingerprint density at radius 3 is 2.45 bits per heavy atom. The molecule has 6 nitrogen and oxygen atoms in total. The van der Waals surface area contributed by atoms with Gasteiger partial charge in [0.15, 0.2) is 0 Å². The normalized spacial score (nSPS) is 15.7. The highest BCUT2D eigenvalue weighted by molar-refractivity contribution is 5.93. The molecule has 2 heterocycles. The number of benzene rings is 1. The predicted molar refractivity (Wildman–Crippen MR) is 113 cm³/mol. The van der Waals surface area contributed by atoms with Gasteiger partial charge in [0.1, 0.15) is 5.56 Å². The molecular weight excluding hydrogens is 366 g/mol. The number of amides is 2. The highest BCUT2D eigenvalue weighted by Gasteiger charge is 2.26. The second kappa shape index (κ2) is 9.54. The third-order valence-corrected chi connectivity index (χ3v) is 5.75. The van der Waals surface area contributed by atoms with Gasteiger partial charge in [-0.15, -0.1) is 0 Å². The van der Waals surface area contributed by atoms with E-state index in [9.17, 15) is 14.4 Å². The second-order valence-electron chi connectivity index (χ2n) is 7.69. The number of pyridine rings is 1. The maximum Gasteiger partial charge on any atom is 0.263 e. The van der Waals surface area contributed by atoms with Crippen LogP contribution in [-0.4, -0.2) is 40.9 Å². The number of hydrogen-bond acceptors (Lipinski definition) is 3. The molecule has 2 amide bonds. The molecule has 1 saturated heterocycles. The van der Waals surface area contributed by atoms with Crippen LogP contribution < -0.4 is 10.9 Å². The van der Waals surface area contributed by atoms with Crippen LogP contribution in [0.15, 0.2) is 53.5 Å². The van der Waals surface area contributed by atoms with E-state index in [-0.39, 0.29) is 28.9 Å². The quantitative estimate of drug-likeness (QED) is 0.817. The molecule has 1 aromatic carbocycles. The molecule has 1 unspecified atom stereocenters. The summed E-state index contributed by atoms with van der Waals surface area (Å²) in [4.78, 5) is 39.2. The predicted octanol–water partition coefficient (Wildman–Crippen LogP) is 2.55. The number of nitrogens with zero attached hydrogens (tertiary/aromatic N) is 2. The van der Waals surface area contributed by atoms with E-state index in [1.165, 1.54) is 4.57 Å². The lowest BCUT2D eigenvalue weighted by molar-refractivity contribution is -0.122. The zero-order valence-corrected chi connectivity index (χ0v) is 17.1. The summed E-state index contributed by atoms with van der Waals surface area (Å²) in [6.07, 6.45) is 4.05. The van der Waals surface area contributed by atoms with Crippen LogP contribution in [0.1, 0.15) is 48.0 Å². The number of likely N-dealkylation sites (tertiary alicyclic amines) is 1. The summed E-state index contributed by atoms with van der Waals surface area (Å²) < 4.78 is 1.42. The van der Waals surface area contributed by atoms with Crippen molar-refractivity contribution in [3.63, 3.8) is 0 Å². The molecule has 0 bridgehead atoms. The first-order valence-corrected chi connectivity index (χ1v) is 10.3. The zero-order chi connectivity index (χ0) is 20.8. The van der Waals surface area contributed by atoms with Crippen LogP contribution >= 0.6 is 0 Å². The Hall–Kier alpha value is -2.89. The largest absolute Gasteiger partial charge is 0.355 e. The molecule has 1 N–H and O–H groups in total. The van der Waals surface area contributed by atoms with Gasteiger partial charge in [-0.05, 0) is 42.9 Å². The van der Waals surface area contributed by atoms with Gasteiger partial charge in [-0.25, -0.2) is 0 Å². The summed E-state index contributed by atoms with van der Waals surface area (Å²) in [6, 6.07) is 13.2. The number of piperidine rings is 1. The first-order chi connectivity index (χ1) is 14.0. The second-order valence-corrected chi connectivity index (χ2v) is 7.69. The van der Waals surface area contributed by atoms with Crippen molar-refractivity contribution in [1.29, 1.82) is 0 Å². The van der Waals surface area contributed by atoms with E-state index in [0.717, 1.165) is 24.8 Å². The van der Waals surface area contributed by atoms with E-state index in [1.54, 1.807) is 30.3 Å². The van der Waals surface area contributed by atoms with E-state index in [1.807, 2.05) is 37.3 Å². The van der Waals surface area contributed by atoms with Gasteiger partial charge in [-0.2, -0.15) is 0 Å². The standard InChI is InChI=1S/C23H29N3O3/c1-3-19(18-8-5-4-6-9-18)21(27)24-16-17-11-14-26(15-12-17)23(29)20-10-7-13-25(2)22(20)28/h4-10,13,17,19H,3,11-12,14-16H2,1-2H3,(H,24,27). The molecule has 1 aliphatic heterocycles. The third kappa shape index (κ3) is 4.94. The van der Waals surface area contributed by atoms with Crippen LogP contribution in [0, 0.1) is 5.92 Å². The summed E-state index contributed by atoms with van der Waals surface area (Å²) in [6.45, 7) is 3.85. The number of nitrogens with one attached hydrogen (secondary N) is 1. The maximum absolute atomic E-state index is 12.7. The summed E-state index contributed by atoms with van der Waals surface area (Å²) >= 11 is 0. The summed E-state index contributed by atoms with van der Waals surface area (Å²) in [5, 5.41) is 3.10. The van der Waals surface area contributed by atoms with E-state index in [2.05, 4.69) is 5.32 Å². The van der Waals surface area contributed by atoms with E-state index >= 15 is 0 Å². The third-order valence-electron chi connectivity index (χ3n) is 5.75. The topological polar surface area (TPSA) is 71.4 Å². The van der Waals surface area contributed by atoms with E-state index in [4.69, 9.17) is 0 Å². The first-order valence-electron chi connectivity index (χ1n) is 10.3. The van der Waals surface area contributed by atoms with Crippen molar-refractivity contribution in [3.8, 4) is 0 Å². The number of aryl methyl sites for hydroxylation is 1. The Kier molecular flexibility index (Phi) is 6.86. The molecule has 6 heteroatoms. The van der Waals surface area contributed by atoms with Crippen LogP contribution in [0.2, 0.25) is 0 Å². The van der Waals surface area contributed by atoms with E-state index in [0.29, 0.717) is 25.6 Å². The molecule has 0 aliphatic carbocycles. The highest BCUT2D eigenvalue weighted by atomic mass is 16.2. The van der Waals surface area contributed by atoms with Gasteiger partial charge in [0.05, 0.1) is 5.92 Å². The molecule has 1 atom stereocenters. The van der Waals surface area contributed by atoms with Crippen LogP contribution in [0.5, 0.6) is 0 Å². The van der Waals surface area contributed by atoms with Crippen LogP contribution in [-0.2, 0) is 11.8 Å². The molecule has 1 fully saturated rings. The number of rotatable bonds is 6. The lowest BCUT2D eigenvalue weighted by atomic mass is 9.93. The number of aromatic nitrogens is 1. The number of hydrogen-bond donors (Lipinski definition) is 1. The van der Waals surface area contributed by atoms with E-state index < -0.39 is 0 Å².